The molecule has 4 aliphatic carbocycles. The summed E-state index contributed by atoms with van der Waals surface area (Å²) in [6, 6.07) is 0. The molecule has 2 heteroatoms. The Kier molecular flexibility index (Phi) is 6.30. The van der Waals surface area contributed by atoms with Gasteiger partial charge < -0.3 is 5.11 Å². The summed E-state index contributed by atoms with van der Waals surface area (Å²) in [6.07, 6.45) is 16.3. The molecule has 176 valence electrons. The molecule has 0 bridgehead atoms. The fourth-order valence-electron chi connectivity index (χ4n) is 8.83. The highest BCUT2D eigenvalue weighted by Crippen LogP contribution is 2.67. The maximum atomic E-state index is 16.3. The first kappa shape index (κ1) is 23.5. The Morgan fingerprint density at radius 2 is 1.90 bits per heavy atom. The lowest BCUT2D eigenvalue weighted by Crippen LogP contribution is -2.52. The Morgan fingerprint density at radius 3 is 2.58 bits per heavy atom. The Morgan fingerprint density at radius 1 is 1.16 bits per heavy atom. The molecule has 0 heterocycles. The van der Waals surface area contributed by atoms with Gasteiger partial charge in [-0.2, -0.15) is 0 Å². The van der Waals surface area contributed by atoms with Gasteiger partial charge in [0, 0.05) is 5.92 Å². The zero-order valence-corrected chi connectivity index (χ0v) is 21.0. The minimum absolute atomic E-state index is 0.116. The van der Waals surface area contributed by atoms with Crippen molar-refractivity contribution >= 4 is 0 Å². The number of halogens is 1. The third-order valence-electron chi connectivity index (χ3n) is 10.8. The Labute approximate surface area is 191 Å². The van der Waals surface area contributed by atoms with Crippen molar-refractivity contribution in [3.8, 4) is 0 Å². The van der Waals surface area contributed by atoms with Gasteiger partial charge in [-0.1, -0.05) is 58.4 Å². The molecule has 9 atom stereocenters. The summed E-state index contributed by atoms with van der Waals surface area (Å²) in [7, 11) is 0. The van der Waals surface area contributed by atoms with Gasteiger partial charge in [0.05, 0.1) is 6.10 Å². The first-order valence-corrected chi connectivity index (χ1v) is 13.3. The van der Waals surface area contributed by atoms with Crippen molar-refractivity contribution in [1.82, 2.24) is 0 Å². The summed E-state index contributed by atoms with van der Waals surface area (Å²) < 4.78 is 16.3. The van der Waals surface area contributed by atoms with Crippen LogP contribution >= 0.6 is 0 Å². The van der Waals surface area contributed by atoms with E-state index in [1.54, 1.807) is 0 Å². The highest BCUT2D eigenvalue weighted by molar-refractivity contribution is 5.26. The second-order valence-corrected chi connectivity index (χ2v) is 12.7. The van der Waals surface area contributed by atoms with Crippen LogP contribution in [0.25, 0.3) is 0 Å². The van der Waals surface area contributed by atoms with Gasteiger partial charge in [-0.15, -0.1) is 0 Å². The number of hydrogen-bond acceptors (Lipinski definition) is 1. The topological polar surface area (TPSA) is 20.2 Å². The highest BCUT2D eigenvalue weighted by atomic mass is 19.1. The van der Waals surface area contributed by atoms with E-state index in [-0.39, 0.29) is 22.9 Å². The van der Waals surface area contributed by atoms with E-state index in [0.29, 0.717) is 23.7 Å². The monoisotopic (exact) mass is 430 g/mol. The molecule has 4 aliphatic rings. The fraction of sp³-hybridized carbons (Fsp3) is 0.862. The van der Waals surface area contributed by atoms with Crippen LogP contribution in [0.4, 0.5) is 4.39 Å². The largest absolute Gasteiger partial charge is 0.393 e. The SMILES string of the molecule is CC[C@@H](/C=C/[C@@](C)(F)[C@@H]1CC[C@H]2[C@@H]3CC=C4C[C@@H](O)CC[C@]4(C)[C@H]3CC[C@@]12C)C(C)C. The smallest absolute Gasteiger partial charge is 0.129 e. The zero-order valence-electron chi connectivity index (χ0n) is 21.0. The number of fused-ring (bicyclic) bond motifs is 5. The normalized spacial score (nSPS) is 45.6. The van der Waals surface area contributed by atoms with Crippen molar-refractivity contribution in [2.75, 3.05) is 0 Å². The highest BCUT2D eigenvalue weighted by Gasteiger charge is 2.61. The van der Waals surface area contributed by atoms with Crippen LogP contribution in [-0.4, -0.2) is 16.9 Å². The van der Waals surface area contributed by atoms with Gasteiger partial charge in [-0.25, -0.2) is 4.39 Å². The van der Waals surface area contributed by atoms with Gasteiger partial charge in [-0.05, 0) is 105 Å². The van der Waals surface area contributed by atoms with Crippen molar-refractivity contribution in [3.63, 3.8) is 0 Å². The molecule has 4 rings (SSSR count). The summed E-state index contributed by atoms with van der Waals surface area (Å²) in [6.45, 7) is 13.5. The van der Waals surface area contributed by atoms with E-state index >= 15 is 4.39 Å². The molecule has 0 aromatic heterocycles. The number of hydrogen-bond donors (Lipinski definition) is 1. The summed E-state index contributed by atoms with van der Waals surface area (Å²) >= 11 is 0. The molecule has 0 aromatic carbocycles. The summed E-state index contributed by atoms with van der Waals surface area (Å²) in [5, 5.41) is 10.2. The number of aliphatic hydroxyl groups excluding tert-OH is 1. The van der Waals surface area contributed by atoms with Crippen LogP contribution in [0.15, 0.2) is 23.8 Å². The minimum Gasteiger partial charge on any atom is -0.393 e. The van der Waals surface area contributed by atoms with E-state index < -0.39 is 5.67 Å². The van der Waals surface area contributed by atoms with Crippen molar-refractivity contribution < 1.29 is 9.50 Å². The van der Waals surface area contributed by atoms with Gasteiger partial charge in [0.1, 0.15) is 5.67 Å². The lowest BCUT2D eigenvalue weighted by Gasteiger charge is -2.58. The molecular formula is C29H47FO. The van der Waals surface area contributed by atoms with Crippen molar-refractivity contribution in [2.45, 2.75) is 111 Å². The lowest BCUT2D eigenvalue weighted by atomic mass is 9.47. The van der Waals surface area contributed by atoms with Crippen LogP contribution in [0.2, 0.25) is 0 Å². The number of aliphatic hydroxyl groups is 1. The molecular weight excluding hydrogens is 383 g/mol. The van der Waals surface area contributed by atoms with E-state index in [9.17, 15) is 5.11 Å². The number of rotatable bonds is 5. The van der Waals surface area contributed by atoms with Crippen LogP contribution in [0, 0.1) is 46.3 Å². The van der Waals surface area contributed by atoms with Crippen molar-refractivity contribution in [3.05, 3.63) is 23.8 Å². The summed E-state index contributed by atoms with van der Waals surface area (Å²) in [5.41, 5.74) is 0.701. The van der Waals surface area contributed by atoms with E-state index in [2.05, 4.69) is 46.8 Å². The molecule has 0 amide bonds. The van der Waals surface area contributed by atoms with Gasteiger partial charge in [-0.3, -0.25) is 0 Å². The third-order valence-corrected chi connectivity index (χ3v) is 10.8. The molecule has 0 radical (unpaired) electrons. The summed E-state index contributed by atoms with van der Waals surface area (Å²) in [5.74, 6) is 3.25. The molecule has 3 fully saturated rings. The molecule has 0 saturated heterocycles. The van der Waals surface area contributed by atoms with Crippen LogP contribution in [0.5, 0.6) is 0 Å². The Bertz CT molecular complexity index is 720. The molecule has 0 unspecified atom stereocenters. The third kappa shape index (κ3) is 3.87. The van der Waals surface area contributed by atoms with Gasteiger partial charge in [0.25, 0.3) is 0 Å². The molecule has 0 aliphatic heterocycles. The number of alkyl halides is 1. The molecule has 0 spiro atoms. The maximum absolute atomic E-state index is 16.3. The van der Waals surface area contributed by atoms with Gasteiger partial charge in [0.2, 0.25) is 0 Å². The predicted molar refractivity (Wildman–Crippen MR) is 128 cm³/mol. The van der Waals surface area contributed by atoms with E-state index in [1.807, 2.05) is 13.0 Å². The van der Waals surface area contributed by atoms with Crippen LogP contribution in [0.3, 0.4) is 0 Å². The standard InChI is InChI=1S/C29H47FO/c1-7-20(19(2)3)12-17-29(6,30)26-11-10-24-23-9-8-21-18-22(31)13-15-27(21,4)25(23)14-16-28(24,26)5/h8,12,17,19-20,22-26,31H,7,9-11,13-16,18H2,1-6H3/b17-12+/t20-,22-,23-,24-,25-,26+,27-,28+,29+/m0/s1. The second kappa shape index (κ2) is 8.30. The van der Waals surface area contributed by atoms with Crippen LogP contribution in [-0.2, 0) is 0 Å². The molecule has 31 heavy (non-hydrogen) atoms. The number of allylic oxidation sites excluding steroid dienone is 3. The first-order valence-electron chi connectivity index (χ1n) is 13.3. The fourth-order valence-corrected chi connectivity index (χ4v) is 8.83. The maximum Gasteiger partial charge on any atom is 0.129 e. The van der Waals surface area contributed by atoms with E-state index in [1.165, 1.54) is 24.8 Å². The van der Waals surface area contributed by atoms with Crippen LogP contribution in [0.1, 0.15) is 99.3 Å². The average Bonchev–Trinajstić information content (AvgIpc) is 3.07. The first-order chi connectivity index (χ1) is 14.5. The minimum atomic E-state index is -1.22. The Balaban J connectivity index is 1.56. The van der Waals surface area contributed by atoms with E-state index in [0.717, 1.165) is 44.4 Å². The average molecular weight is 431 g/mol. The van der Waals surface area contributed by atoms with Gasteiger partial charge in [0.15, 0.2) is 0 Å². The van der Waals surface area contributed by atoms with Crippen LogP contribution < -0.4 is 0 Å². The zero-order chi connectivity index (χ0) is 22.6. The van der Waals surface area contributed by atoms with E-state index in [4.69, 9.17) is 0 Å². The lowest BCUT2D eigenvalue weighted by molar-refractivity contribution is -0.0685. The van der Waals surface area contributed by atoms with Crippen molar-refractivity contribution in [2.24, 2.45) is 46.3 Å². The Hall–Kier alpha value is -0.630. The molecule has 0 aromatic rings. The summed E-state index contributed by atoms with van der Waals surface area (Å²) in [4.78, 5) is 0. The molecule has 1 nitrogen and oxygen atoms in total. The quantitative estimate of drug-likeness (QED) is 0.440. The second-order valence-electron chi connectivity index (χ2n) is 12.7. The van der Waals surface area contributed by atoms with Crippen molar-refractivity contribution in [1.29, 1.82) is 0 Å². The molecule has 3 saturated carbocycles. The predicted octanol–water partition coefficient (Wildman–Crippen LogP) is 7.89. The molecule has 1 N–H and O–H groups in total. The van der Waals surface area contributed by atoms with Gasteiger partial charge >= 0.3 is 0 Å².